The number of methoxy groups -OCH3 is 2. The second-order valence-corrected chi connectivity index (χ2v) is 6.62. The van der Waals surface area contributed by atoms with Gasteiger partial charge < -0.3 is 14.8 Å². The van der Waals surface area contributed by atoms with E-state index >= 15 is 0 Å². The zero-order chi connectivity index (χ0) is 14.7. The average molecular weight is 377 g/mol. The van der Waals surface area contributed by atoms with Gasteiger partial charge in [0.2, 0.25) is 0 Å². The molecule has 2 rings (SSSR count). The van der Waals surface area contributed by atoms with E-state index < -0.39 is 0 Å². The number of carbonyl (C=O) groups is 1. The summed E-state index contributed by atoms with van der Waals surface area (Å²) in [6.07, 6.45) is 0. The minimum atomic E-state index is -0.227. The molecule has 0 spiro atoms. The number of hydrogen-bond donors (Lipinski definition) is 1. The summed E-state index contributed by atoms with van der Waals surface area (Å²) < 4.78 is 11.2. The number of carbonyl (C=O) groups excluding carboxylic acids is 1. The highest BCUT2D eigenvalue weighted by Gasteiger charge is 2.14. The second kappa shape index (κ2) is 6.47. The van der Waals surface area contributed by atoms with Gasteiger partial charge in [0.15, 0.2) is 11.5 Å². The zero-order valence-electron chi connectivity index (χ0n) is 10.7. The summed E-state index contributed by atoms with van der Waals surface area (Å²) in [6, 6.07) is 6.77. The molecule has 7 heteroatoms. The average Bonchev–Trinajstić information content (AvgIpc) is 2.87. The van der Waals surface area contributed by atoms with Gasteiger partial charge in [-0.3, -0.25) is 4.79 Å². The third-order valence-electron chi connectivity index (χ3n) is 2.52. The first-order valence-corrected chi connectivity index (χ1v) is 7.52. The van der Waals surface area contributed by atoms with Gasteiger partial charge in [-0.15, -0.1) is 11.3 Å². The van der Waals surface area contributed by atoms with Crippen LogP contribution in [-0.2, 0) is 0 Å². The fraction of sp³-hybridized carbons (Fsp3) is 0.154. The lowest BCUT2D eigenvalue weighted by atomic mass is 10.2. The van der Waals surface area contributed by atoms with E-state index in [0.717, 1.165) is 3.79 Å². The Hall–Kier alpha value is -1.24. The third kappa shape index (κ3) is 3.26. The number of halogens is 2. The van der Waals surface area contributed by atoms with Crippen molar-refractivity contribution in [2.75, 3.05) is 19.5 Å². The van der Waals surface area contributed by atoms with Crippen LogP contribution in [0.4, 0.5) is 5.69 Å². The Kier molecular flexibility index (Phi) is 4.91. The summed E-state index contributed by atoms with van der Waals surface area (Å²) in [4.78, 5) is 12.7. The van der Waals surface area contributed by atoms with Gasteiger partial charge in [0.05, 0.1) is 33.6 Å². The summed E-state index contributed by atoms with van der Waals surface area (Å²) in [7, 11) is 3.04. The summed E-state index contributed by atoms with van der Waals surface area (Å²) >= 11 is 10.8. The van der Waals surface area contributed by atoms with Gasteiger partial charge in [-0.25, -0.2) is 0 Å². The zero-order valence-corrected chi connectivity index (χ0v) is 13.9. The molecule has 20 heavy (non-hydrogen) atoms. The Morgan fingerprint density at radius 1 is 1.25 bits per heavy atom. The van der Waals surface area contributed by atoms with Gasteiger partial charge in [-0.1, -0.05) is 11.6 Å². The molecule has 2 aromatic rings. The van der Waals surface area contributed by atoms with Crippen LogP contribution in [-0.4, -0.2) is 20.1 Å². The molecule has 1 aromatic heterocycles. The van der Waals surface area contributed by atoms with Crippen molar-refractivity contribution in [2.45, 2.75) is 0 Å². The standard InChI is InChI=1S/C13H11BrClNO3S/c1-18-9-5-7(15)8(6-10(9)19-2)16-13(17)11-3-4-12(14)20-11/h3-6H,1-2H3,(H,16,17). The van der Waals surface area contributed by atoms with Gasteiger partial charge >= 0.3 is 0 Å². The molecule has 106 valence electrons. The van der Waals surface area contributed by atoms with Gasteiger partial charge in [0.1, 0.15) is 0 Å². The Labute approximate surface area is 133 Å². The molecule has 0 aliphatic rings. The van der Waals surface area contributed by atoms with Crippen molar-refractivity contribution < 1.29 is 14.3 Å². The van der Waals surface area contributed by atoms with Crippen molar-refractivity contribution in [1.82, 2.24) is 0 Å². The van der Waals surface area contributed by atoms with Crippen LogP contribution in [0.25, 0.3) is 0 Å². The number of amides is 1. The Morgan fingerprint density at radius 2 is 1.90 bits per heavy atom. The summed E-state index contributed by atoms with van der Waals surface area (Å²) in [5.41, 5.74) is 0.471. The quantitative estimate of drug-likeness (QED) is 0.858. The number of nitrogens with one attached hydrogen (secondary N) is 1. The van der Waals surface area contributed by atoms with Crippen molar-refractivity contribution in [1.29, 1.82) is 0 Å². The van der Waals surface area contributed by atoms with Gasteiger partial charge in [-0.2, -0.15) is 0 Å². The molecule has 0 atom stereocenters. The largest absolute Gasteiger partial charge is 0.493 e. The van der Waals surface area contributed by atoms with E-state index in [1.165, 1.54) is 25.6 Å². The fourth-order valence-electron chi connectivity index (χ4n) is 1.57. The fourth-order valence-corrected chi connectivity index (χ4v) is 3.05. The van der Waals surface area contributed by atoms with E-state index in [0.29, 0.717) is 27.1 Å². The molecule has 0 fully saturated rings. The smallest absolute Gasteiger partial charge is 0.265 e. The van der Waals surface area contributed by atoms with Crippen molar-refractivity contribution in [3.05, 3.63) is 38.0 Å². The van der Waals surface area contributed by atoms with E-state index in [9.17, 15) is 4.79 Å². The van der Waals surface area contributed by atoms with Crippen LogP contribution in [0.3, 0.4) is 0 Å². The second-order valence-electron chi connectivity index (χ2n) is 3.74. The highest BCUT2D eigenvalue weighted by atomic mass is 79.9. The molecule has 4 nitrogen and oxygen atoms in total. The SMILES string of the molecule is COc1cc(Cl)c(NC(=O)c2ccc(Br)s2)cc1OC. The van der Waals surface area contributed by atoms with Crippen molar-refractivity contribution >= 4 is 50.5 Å². The van der Waals surface area contributed by atoms with Crippen LogP contribution in [0.2, 0.25) is 5.02 Å². The molecule has 0 unspecified atom stereocenters. The lowest BCUT2D eigenvalue weighted by Crippen LogP contribution is -2.10. The van der Waals surface area contributed by atoms with Gasteiger partial charge in [0, 0.05) is 12.1 Å². The molecule has 0 aliphatic carbocycles. The third-order valence-corrected chi connectivity index (χ3v) is 4.45. The van der Waals surface area contributed by atoms with E-state index in [4.69, 9.17) is 21.1 Å². The number of anilines is 1. The maximum Gasteiger partial charge on any atom is 0.265 e. The molecular weight excluding hydrogens is 366 g/mol. The molecule has 1 N–H and O–H groups in total. The molecule has 0 bridgehead atoms. The first-order valence-electron chi connectivity index (χ1n) is 5.53. The maximum atomic E-state index is 12.1. The molecule has 0 aliphatic heterocycles. The van der Waals surface area contributed by atoms with Crippen molar-refractivity contribution in [2.24, 2.45) is 0 Å². The van der Waals surface area contributed by atoms with Crippen LogP contribution in [0.5, 0.6) is 11.5 Å². The molecule has 1 aromatic carbocycles. The summed E-state index contributed by atoms with van der Waals surface area (Å²) in [5.74, 6) is 0.781. The predicted octanol–water partition coefficient (Wildman–Crippen LogP) is 4.43. The van der Waals surface area contributed by atoms with Gasteiger partial charge in [0.25, 0.3) is 5.91 Å². The Bertz CT molecular complexity index is 645. The van der Waals surface area contributed by atoms with E-state index in [2.05, 4.69) is 21.2 Å². The summed E-state index contributed by atoms with van der Waals surface area (Å²) in [5, 5.41) is 3.13. The minimum absolute atomic E-state index is 0.227. The van der Waals surface area contributed by atoms with Crippen LogP contribution in [0, 0.1) is 0 Å². The minimum Gasteiger partial charge on any atom is -0.493 e. The first kappa shape index (κ1) is 15.2. The van der Waals surface area contributed by atoms with E-state index in [1.54, 1.807) is 18.2 Å². The summed E-state index contributed by atoms with van der Waals surface area (Å²) in [6.45, 7) is 0. The highest BCUT2D eigenvalue weighted by Crippen LogP contribution is 2.36. The van der Waals surface area contributed by atoms with Crippen LogP contribution in [0.15, 0.2) is 28.1 Å². The normalized spacial score (nSPS) is 10.2. The molecule has 0 radical (unpaired) electrons. The Balaban J connectivity index is 2.27. The Morgan fingerprint density at radius 3 is 2.45 bits per heavy atom. The number of benzene rings is 1. The topological polar surface area (TPSA) is 47.6 Å². The molecule has 0 saturated carbocycles. The van der Waals surface area contributed by atoms with E-state index in [1.807, 2.05) is 6.07 Å². The predicted molar refractivity (Wildman–Crippen MR) is 84.5 cm³/mol. The highest BCUT2D eigenvalue weighted by molar-refractivity contribution is 9.11. The molecule has 1 amide bonds. The van der Waals surface area contributed by atoms with Gasteiger partial charge in [-0.05, 0) is 28.1 Å². The lowest BCUT2D eigenvalue weighted by molar-refractivity contribution is 0.103. The lowest BCUT2D eigenvalue weighted by Gasteiger charge is -2.12. The van der Waals surface area contributed by atoms with Crippen molar-refractivity contribution in [3.63, 3.8) is 0 Å². The maximum absolute atomic E-state index is 12.1. The van der Waals surface area contributed by atoms with Crippen molar-refractivity contribution in [3.8, 4) is 11.5 Å². The molecular formula is C13H11BrClNO3S. The van der Waals surface area contributed by atoms with Crippen LogP contribution in [0.1, 0.15) is 9.67 Å². The first-order chi connectivity index (χ1) is 9.55. The number of rotatable bonds is 4. The monoisotopic (exact) mass is 375 g/mol. The number of ether oxygens (including phenoxy) is 2. The van der Waals surface area contributed by atoms with Crippen LogP contribution < -0.4 is 14.8 Å². The number of thiophene rings is 1. The molecule has 1 heterocycles. The van der Waals surface area contributed by atoms with Crippen LogP contribution >= 0.6 is 38.9 Å². The van der Waals surface area contributed by atoms with E-state index in [-0.39, 0.29) is 5.91 Å². The number of hydrogen-bond acceptors (Lipinski definition) is 4. The molecule has 0 saturated heterocycles.